The summed E-state index contributed by atoms with van der Waals surface area (Å²) in [5, 5.41) is 0. The molecular weight excluding hydrogens is 248 g/mol. The topological polar surface area (TPSA) is 26.3 Å². The molecule has 20 heavy (non-hydrogen) atoms. The molecule has 1 aromatic carbocycles. The second-order valence-corrected chi connectivity index (χ2v) is 5.55. The number of hydrogen-bond donors (Lipinski definition) is 0. The number of carbonyl (C=O) groups excluding carboxylic acids is 1. The maximum absolute atomic E-state index is 11.3. The van der Waals surface area contributed by atoms with Crippen LogP contribution in [0, 0.1) is 0 Å². The molecule has 0 radical (unpaired) electrons. The van der Waals surface area contributed by atoms with E-state index in [4.69, 9.17) is 4.74 Å². The van der Waals surface area contributed by atoms with Gasteiger partial charge < -0.3 is 4.74 Å². The predicted molar refractivity (Wildman–Crippen MR) is 83.8 cm³/mol. The van der Waals surface area contributed by atoms with Crippen molar-refractivity contribution >= 4 is 5.97 Å². The first kappa shape index (κ1) is 16.7. The molecule has 2 atom stereocenters. The Morgan fingerprint density at radius 1 is 1.10 bits per heavy atom. The maximum Gasteiger partial charge on any atom is 0.302 e. The number of unbranched alkanes of at least 4 members (excludes halogenated alkanes) is 4. The van der Waals surface area contributed by atoms with Crippen molar-refractivity contribution in [3.8, 4) is 0 Å². The Labute approximate surface area is 123 Å². The van der Waals surface area contributed by atoms with E-state index in [2.05, 4.69) is 26.0 Å². The predicted octanol–water partition coefficient (Wildman–Crippen LogP) is 5.08. The van der Waals surface area contributed by atoms with Gasteiger partial charge in [-0.05, 0) is 18.4 Å². The summed E-state index contributed by atoms with van der Waals surface area (Å²) in [5.74, 6) is 0.0811. The molecule has 112 valence electrons. The third-order valence-electron chi connectivity index (χ3n) is 3.79. The fraction of sp³-hybridized carbons (Fsp3) is 0.611. The van der Waals surface area contributed by atoms with Crippen molar-refractivity contribution in [3.63, 3.8) is 0 Å². The molecule has 0 spiro atoms. The second kappa shape index (κ2) is 9.57. The minimum Gasteiger partial charge on any atom is -0.462 e. The molecule has 0 amide bonds. The van der Waals surface area contributed by atoms with Gasteiger partial charge in [0, 0.05) is 12.8 Å². The molecule has 0 aromatic heterocycles. The van der Waals surface area contributed by atoms with E-state index in [1.807, 2.05) is 18.2 Å². The van der Waals surface area contributed by atoms with Gasteiger partial charge in [0.15, 0.2) is 0 Å². The van der Waals surface area contributed by atoms with Crippen LogP contribution in [0.5, 0.6) is 0 Å². The molecule has 1 aromatic rings. The van der Waals surface area contributed by atoms with E-state index in [9.17, 15) is 4.79 Å². The lowest BCUT2D eigenvalue weighted by Gasteiger charge is -2.24. The molecule has 1 rings (SSSR count). The van der Waals surface area contributed by atoms with Crippen molar-refractivity contribution in [2.24, 2.45) is 0 Å². The minimum atomic E-state index is -0.175. The van der Waals surface area contributed by atoms with Gasteiger partial charge in [-0.3, -0.25) is 4.79 Å². The average Bonchev–Trinajstić information content (AvgIpc) is 2.45. The van der Waals surface area contributed by atoms with Gasteiger partial charge in [-0.2, -0.15) is 0 Å². The number of rotatable bonds is 9. The normalized spacial score (nSPS) is 13.8. The summed E-state index contributed by atoms with van der Waals surface area (Å²) in [7, 11) is 0. The number of ether oxygens (including phenoxy) is 1. The van der Waals surface area contributed by atoms with Gasteiger partial charge in [-0.1, -0.05) is 69.9 Å². The third-order valence-corrected chi connectivity index (χ3v) is 3.79. The lowest BCUT2D eigenvalue weighted by Crippen LogP contribution is -2.23. The molecule has 0 heterocycles. The van der Waals surface area contributed by atoms with Crippen LogP contribution in [0.25, 0.3) is 0 Å². The molecule has 0 saturated heterocycles. The highest BCUT2D eigenvalue weighted by Gasteiger charge is 2.21. The van der Waals surface area contributed by atoms with Crippen molar-refractivity contribution in [3.05, 3.63) is 35.9 Å². The summed E-state index contributed by atoms with van der Waals surface area (Å²) in [4.78, 5) is 11.3. The van der Waals surface area contributed by atoms with Gasteiger partial charge in [0.2, 0.25) is 0 Å². The molecule has 2 heteroatoms. The smallest absolute Gasteiger partial charge is 0.302 e. The Bertz CT molecular complexity index is 372. The first-order valence-electron chi connectivity index (χ1n) is 7.87. The minimum absolute atomic E-state index is 0.00322. The molecular formula is C18H28O2. The van der Waals surface area contributed by atoms with E-state index < -0.39 is 0 Å². The van der Waals surface area contributed by atoms with Gasteiger partial charge in [-0.25, -0.2) is 0 Å². The van der Waals surface area contributed by atoms with Crippen LogP contribution in [-0.2, 0) is 9.53 Å². The summed E-state index contributed by atoms with van der Waals surface area (Å²) in [5.41, 5.74) is 1.24. The Morgan fingerprint density at radius 2 is 1.75 bits per heavy atom. The van der Waals surface area contributed by atoms with Gasteiger partial charge in [0.25, 0.3) is 0 Å². The lowest BCUT2D eigenvalue weighted by atomic mass is 9.91. The van der Waals surface area contributed by atoms with Crippen molar-refractivity contribution < 1.29 is 9.53 Å². The molecule has 0 saturated carbocycles. The summed E-state index contributed by atoms with van der Waals surface area (Å²) in [6.07, 6.45) is 7.15. The van der Waals surface area contributed by atoms with Crippen molar-refractivity contribution in [1.29, 1.82) is 0 Å². The van der Waals surface area contributed by atoms with Crippen LogP contribution in [0.15, 0.2) is 30.3 Å². The summed E-state index contributed by atoms with van der Waals surface area (Å²) in [6.45, 7) is 5.87. The second-order valence-electron chi connectivity index (χ2n) is 5.55. The van der Waals surface area contributed by atoms with Gasteiger partial charge >= 0.3 is 5.97 Å². The van der Waals surface area contributed by atoms with E-state index in [0.717, 1.165) is 12.8 Å². The van der Waals surface area contributed by atoms with E-state index >= 15 is 0 Å². The van der Waals surface area contributed by atoms with Crippen LogP contribution >= 0.6 is 0 Å². The standard InChI is InChI=1S/C18H28O2/c1-4-5-6-7-11-14-18(20-16(3)19)15(2)17-12-9-8-10-13-17/h8-10,12-13,15,18H,4-7,11,14H2,1-3H3/t15-,18-/m1/s1. The highest BCUT2D eigenvalue weighted by molar-refractivity contribution is 5.66. The summed E-state index contributed by atoms with van der Waals surface area (Å²) in [6, 6.07) is 10.3. The Morgan fingerprint density at radius 3 is 2.35 bits per heavy atom. The zero-order valence-electron chi connectivity index (χ0n) is 13.1. The van der Waals surface area contributed by atoms with Crippen molar-refractivity contribution in [1.82, 2.24) is 0 Å². The SMILES string of the molecule is CCCCCCC[C@@H](OC(C)=O)[C@H](C)c1ccccc1. The van der Waals surface area contributed by atoms with Crippen LogP contribution in [0.3, 0.4) is 0 Å². The quantitative estimate of drug-likeness (QED) is 0.464. The van der Waals surface area contributed by atoms with E-state index in [1.165, 1.54) is 38.2 Å². The monoisotopic (exact) mass is 276 g/mol. The van der Waals surface area contributed by atoms with Crippen LogP contribution in [0.1, 0.15) is 70.8 Å². The zero-order chi connectivity index (χ0) is 14.8. The van der Waals surface area contributed by atoms with E-state index in [0.29, 0.717) is 0 Å². The summed E-state index contributed by atoms with van der Waals surface area (Å²) >= 11 is 0. The molecule has 0 N–H and O–H groups in total. The number of hydrogen-bond acceptors (Lipinski definition) is 2. The van der Waals surface area contributed by atoms with Gasteiger partial charge in [0.1, 0.15) is 6.10 Å². The number of esters is 1. The highest BCUT2D eigenvalue weighted by Crippen LogP contribution is 2.25. The van der Waals surface area contributed by atoms with Crippen molar-refractivity contribution in [2.75, 3.05) is 0 Å². The third kappa shape index (κ3) is 6.23. The molecule has 0 aliphatic heterocycles. The number of carbonyl (C=O) groups is 1. The first-order valence-corrected chi connectivity index (χ1v) is 7.87. The van der Waals surface area contributed by atoms with E-state index in [1.54, 1.807) is 0 Å². The zero-order valence-corrected chi connectivity index (χ0v) is 13.1. The molecule has 0 fully saturated rings. The maximum atomic E-state index is 11.3. The van der Waals surface area contributed by atoms with E-state index in [-0.39, 0.29) is 18.0 Å². The Hall–Kier alpha value is -1.31. The highest BCUT2D eigenvalue weighted by atomic mass is 16.5. The molecule has 2 nitrogen and oxygen atoms in total. The van der Waals surface area contributed by atoms with Gasteiger partial charge in [0.05, 0.1) is 0 Å². The molecule has 0 bridgehead atoms. The first-order chi connectivity index (χ1) is 9.65. The number of benzene rings is 1. The van der Waals surface area contributed by atoms with Crippen molar-refractivity contribution in [2.45, 2.75) is 71.3 Å². The lowest BCUT2D eigenvalue weighted by molar-refractivity contribution is -0.147. The Kier molecular flexibility index (Phi) is 8.01. The average molecular weight is 276 g/mol. The molecule has 0 aliphatic rings. The largest absolute Gasteiger partial charge is 0.462 e. The Balaban J connectivity index is 2.52. The van der Waals surface area contributed by atoms with Crippen LogP contribution < -0.4 is 0 Å². The fourth-order valence-electron chi connectivity index (χ4n) is 2.54. The van der Waals surface area contributed by atoms with Crippen LogP contribution in [0.4, 0.5) is 0 Å². The fourth-order valence-corrected chi connectivity index (χ4v) is 2.54. The molecule has 0 unspecified atom stereocenters. The van der Waals surface area contributed by atoms with Crippen LogP contribution in [-0.4, -0.2) is 12.1 Å². The van der Waals surface area contributed by atoms with Gasteiger partial charge in [-0.15, -0.1) is 0 Å². The molecule has 0 aliphatic carbocycles. The summed E-state index contributed by atoms with van der Waals surface area (Å²) < 4.78 is 5.53. The van der Waals surface area contributed by atoms with Crippen LogP contribution in [0.2, 0.25) is 0 Å².